The monoisotopic (exact) mass is 203 g/mol. The van der Waals surface area contributed by atoms with Crippen LogP contribution in [0.25, 0.3) is 6.08 Å². The third-order valence-corrected chi connectivity index (χ3v) is 2.78. The van der Waals surface area contributed by atoms with Crippen molar-refractivity contribution in [3.63, 3.8) is 0 Å². The van der Waals surface area contributed by atoms with Crippen LogP contribution in [0.5, 0.6) is 5.75 Å². The summed E-state index contributed by atoms with van der Waals surface area (Å²) in [5.41, 5.74) is 1.17. The number of hydrogen-bond donors (Lipinski definition) is 0. The van der Waals surface area contributed by atoms with E-state index in [9.17, 15) is 0 Å². The molecule has 2 nitrogen and oxygen atoms in total. The van der Waals surface area contributed by atoms with Crippen LogP contribution in [0.4, 0.5) is 0 Å². The molecule has 1 aromatic carbocycles. The first-order chi connectivity index (χ1) is 7.35. The van der Waals surface area contributed by atoms with E-state index < -0.39 is 0 Å². The van der Waals surface area contributed by atoms with Crippen molar-refractivity contribution in [1.82, 2.24) is 4.90 Å². The lowest BCUT2D eigenvalue weighted by Crippen LogP contribution is -2.38. The van der Waals surface area contributed by atoms with E-state index in [0.29, 0.717) is 0 Å². The number of likely N-dealkylation sites (N-methyl/N-ethyl adjacent to an activating group) is 1. The first kappa shape index (κ1) is 10.2. The predicted molar refractivity (Wildman–Crippen MR) is 62.8 cm³/mol. The highest BCUT2D eigenvalue weighted by Gasteiger charge is 2.18. The van der Waals surface area contributed by atoms with Crippen molar-refractivity contribution in [2.45, 2.75) is 20.1 Å². The number of nitrogens with zero attached hydrogens (tertiary/aromatic N) is 1. The highest BCUT2D eigenvalue weighted by atomic mass is 16.5. The van der Waals surface area contributed by atoms with Crippen molar-refractivity contribution < 1.29 is 4.74 Å². The second-order valence-corrected chi connectivity index (χ2v) is 3.63. The molecule has 0 saturated heterocycles. The molecule has 0 bridgehead atoms. The van der Waals surface area contributed by atoms with Gasteiger partial charge in [-0.25, -0.2) is 0 Å². The lowest BCUT2D eigenvalue weighted by Gasteiger charge is -2.30. The van der Waals surface area contributed by atoms with E-state index in [0.717, 1.165) is 18.8 Å². The van der Waals surface area contributed by atoms with Gasteiger partial charge in [0.25, 0.3) is 0 Å². The maximum atomic E-state index is 5.91. The van der Waals surface area contributed by atoms with E-state index in [1.165, 1.54) is 5.56 Å². The van der Waals surface area contributed by atoms with E-state index in [1.807, 2.05) is 18.2 Å². The van der Waals surface area contributed by atoms with Crippen LogP contribution < -0.4 is 4.74 Å². The maximum absolute atomic E-state index is 5.91. The topological polar surface area (TPSA) is 12.5 Å². The molecule has 0 radical (unpaired) electrons. The minimum absolute atomic E-state index is 0.0925. The molecule has 2 rings (SSSR count). The number of ether oxygens (including phenoxy) is 1. The molecule has 0 amide bonds. The number of hydrogen-bond acceptors (Lipinski definition) is 2. The molecular weight excluding hydrogens is 186 g/mol. The molecule has 0 saturated carbocycles. The zero-order chi connectivity index (χ0) is 10.7. The van der Waals surface area contributed by atoms with E-state index >= 15 is 0 Å². The molecule has 1 aromatic rings. The molecule has 1 aliphatic rings. The summed E-state index contributed by atoms with van der Waals surface area (Å²) in [4.78, 5) is 2.28. The highest BCUT2D eigenvalue weighted by molar-refractivity contribution is 5.59. The summed E-state index contributed by atoms with van der Waals surface area (Å²) in [7, 11) is 0. The van der Waals surface area contributed by atoms with Gasteiger partial charge in [0.15, 0.2) is 6.23 Å². The lowest BCUT2D eigenvalue weighted by molar-refractivity contribution is 0.0696. The molecule has 0 aromatic heterocycles. The Labute approximate surface area is 91.2 Å². The van der Waals surface area contributed by atoms with Gasteiger partial charge in [-0.05, 0) is 25.2 Å². The minimum Gasteiger partial charge on any atom is -0.471 e. The summed E-state index contributed by atoms with van der Waals surface area (Å²) in [6.45, 7) is 6.32. The minimum atomic E-state index is 0.0925. The first-order valence-corrected chi connectivity index (χ1v) is 5.53. The van der Waals surface area contributed by atoms with E-state index in [1.54, 1.807) is 0 Å². The van der Waals surface area contributed by atoms with Crippen LogP contribution in [0.3, 0.4) is 0 Å². The molecule has 1 atom stereocenters. The van der Waals surface area contributed by atoms with Gasteiger partial charge in [0.1, 0.15) is 5.75 Å². The van der Waals surface area contributed by atoms with Gasteiger partial charge >= 0.3 is 0 Å². The predicted octanol–water partition coefficient (Wildman–Crippen LogP) is 2.76. The Balaban J connectivity index is 2.18. The average Bonchev–Trinajstić information content (AvgIpc) is 2.30. The first-order valence-electron chi connectivity index (χ1n) is 5.53. The van der Waals surface area contributed by atoms with E-state index in [4.69, 9.17) is 4.74 Å². The fourth-order valence-corrected chi connectivity index (χ4v) is 1.86. The molecular formula is C13H17NO. The van der Waals surface area contributed by atoms with E-state index in [2.05, 4.69) is 37.0 Å². The van der Waals surface area contributed by atoms with Gasteiger partial charge in [-0.15, -0.1) is 0 Å². The average molecular weight is 203 g/mol. The van der Waals surface area contributed by atoms with Gasteiger partial charge in [-0.2, -0.15) is 0 Å². The summed E-state index contributed by atoms with van der Waals surface area (Å²) in [6, 6.07) is 8.14. The summed E-state index contributed by atoms with van der Waals surface area (Å²) in [5.74, 6) is 0.983. The van der Waals surface area contributed by atoms with Gasteiger partial charge in [0.2, 0.25) is 0 Å². The molecule has 0 fully saturated rings. The molecule has 1 aliphatic heterocycles. The molecule has 0 N–H and O–H groups in total. The molecule has 1 unspecified atom stereocenters. The Morgan fingerprint density at radius 3 is 2.67 bits per heavy atom. The number of para-hydroxylation sites is 1. The molecule has 0 aliphatic carbocycles. The van der Waals surface area contributed by atoms with Crippen molar-refractivity contribution in [2.24, 2.45) is 0 Å². The molecule has 1 heterocycles. The van der Waals surface area contributed by atoms with Crippen molar-refractivity contribution in [3.8, 4) is 5.75 Å². The van der Waals surface area contributed by atoms with Crippen molar-refractivity contribution >= 4 is 6.08 Å². The third kappa shape index (κ3) is 2.05. The maximum Gasteiger partial charge on any atom is 0.172 e. The van der Waals surface area contributed by atoms with Crippen molar-refractivity contribution in [1.29, 1.82) is 0 Å². The van der Waals surface area contributed by atoms with Crippen LogP contribution in [0.15, 0.2) is 30.3 Å². The standard InChI is InChI=1S/C13H17NO/c1-3-14(4-2)13-10-9-11-7-5-6-8-12(11)15-13/h5-10,13H,3-4H2,1-2H3. The van der Waals surface area contributed by atoms with Gasteiger partial charge in [0, 0.05) is 5.56 Å². The quantitative estimate of drug-likeness (QED) is 0.749. The summed E-state index contributed by atoms with van der Waals surface area (Å²) in [6.07, 6.45) is 4.35. The number of benzene rings is 1. The Kier molecular flexibility index (Phi) is 3.07. The molecule has 15 heavy (non-hydrogen) atoms. The van der Waals surface area contributed by atoms with Crippen LogP contribution in [0.1, 0.15) is 19.4 Å². The summed E-state index contributed by atoms with van der Waals surface area (Å²) in [5, 5.41) is 0. The Hall–Kier alpha value is -1.28. The fraction of sp³-hybridized carbons (Fsp3) is 0.385. The van der Waals surface area contributed by atoms with E-state index in [-0.39, 0.29) is 6.23 Å². The second kappa shape index (κ2) is 4.49. The largest absolute Gasteiger partial charge is 0.471 e. The van der Waals surface area contributed by atoms with Crippen LogP contribution in [-0.4, -0.2) is 24.2 Å². The molecule has 80 valence electrons. The Morgan fingerprint density at radius 2 is 1.93 bits per heavy atom. The van der Waals surface area contributed by atoms with Crippen LogP contribution >= 0.6 is 0 Å². The molecule has 2 heteroatoms. The third-order valence-electron chi connectivity index (χ3n) is 2.78. The highest BCUT2D eigenvalue weighted by Crippen LogP contribution is 2.26. The van der Waals surface area contributed by atoms with Gasteiger partial charge in [0.05, 0.1) is 0 Å². The van der Waals surface area contributed by atoms with Crippen LogP contribution in [-0.2, 0) is 0 Å². The van der Waals surface area contributed by atoms with Crippen LogP contribution in [0, 0.1) is 0 Å². The fourth-order valence-electron chi connectivity index (χ4n) is 1.86. The number of rotatable bonds is 3. The van der Waals surface area contributed by atoms with Crippen molar-refractivity contribution in [3.05, 3.63) is 35.9 Å². The van der Waals surface area contributed by atoms with Gasteiger partial charge in [-0.1, -0.05) is 38.1 Å². The zero-order valence-corrected chi connectivity index (χ0v) is 9.31. The zero-order valence-electron chi connectivity index (χ0n) is 9.31. The normalized spacial score (nSPS) is 18.7. The summed E-state index contributed by atoms with van der Waals surface area (Å²) >= 11 is 0. The Bertz CT molecular complexity index is 355. The summed E-state index contributed by atoms with van der Waals surface area (Å²) < 4.78 is 5.91. The van der Waals surface area contributed by atoms with Gasteiger partial charge in [-0.3, -0.25) is 4.90 Å². The number of fused-ring (bicyclic) bond motifs is 1. The van der Waals surface area contributed by atoms with Gasteiger partial charge < -0.3 is 4.74 Å². The smallest absolute Gasteiger partial charge is 0.172 e. The second-order valence-electron chi connectivity index (χ2n) is 3.63. The van der Waals surface area contributed by atoms with Crippen molar-refractivity contribution in [2.75, 3.05) is 13.1 Å². The molecule has 0 spiro atoms. The van der Waals surface area contributed by atoms with Crippen LogP contribution in [0.2, 0.25) is 0 Å². The lowest BCUT2D eigenvalue weighted by atomic mass is 10.1. The Morgan fingerprint density at radius 1 is 1.20 bits per heavy atom. The SMILES string of the molecule is CCN(CC)C1C=Cc2ccccc2O1.